The molecule has 0 amide bonds. The molecule has 1 rings (SSSR count). The maximum atomic E-state index is 6.01. The van der Waals surface area contributed by atoms with Gasteiger partial charge in [0.15, 0.2) is 0 Å². The zero-order chi connectivity index (χ0) is 9.68. The summed E-state index contributed by atoms with van der Waals surface area (Å²) in [5.74, 6) is 0. The highest BCUT2D eigenvalue weighted by atomic mass is 35.5. The highest BCUT2D eigenvalue weighted by Gasteiger charge is 2.00. The summed E-state index contributed by atoms with van der Waals surface area (Å²) in [6, 6.07) is 5.85. The Kier molecular flexibility index (Phi) is 4.22. The van der Waals surface area contributed by atoms with Gasteiger partial charge in [-0.2, -0.15) is 0 Å². The Labute approximate surface area is 83.4 Å². The van der Waals surface area contributed by atoms with Crippen molar-refractivity contribution in [2.75, 3.05) is 14.2 Å². The lowest BCUT2D eigenvalue weighted by molar-refractivity contribution is 0.182. The molecule has 3 heteroatoms. The molecule has 0 saturated carbocycles. The normalized spacial score (nSPS) is 10.4. The molecule has 0 saturated heterocycles. The molecular formula is C10H13ClO2. The molecule has 0 spiro atoms. The van der Waals surface area contributed by atoms with Gasteiger partial charge in [0, 0.05) is 19.2 Å². The topological polar surface area (TPSA) is 18.5 Å². The van der Waals surface area contributed by atoms with E-state index in [1.165, 1.54) is 0 Å². The van der Waals surface area contributed by atoms with Crippen LogP contribution in [0.15, 0.2) is 18.2 Å². The lowest BCUT2D eigenvalue weighted by Crippen LogP contribution is -1.92. The minimum absolute atomic E-state index is 0.548. The van der Waals surface area contributed by atoms with Gasteiger partial charge in [0.25, 0.3) is 0 Å². The molecular weight excluding hydrogens is 188 g/mol. The van der Waals surface area contributed by atoms with Crippen LogP contribution in [0.3, 0.4) is 0 Å². The van der Waals surface area contributed by atoms with Crippen LogP contribution in [0.5, 0.6) is 0 Å². The summed E-state index contributed by atoms with van der Waals surface area (Å²) in [6.45, 7) is 1.14. The van der Waals surface area contributed by atoms with E-state index in [2.05, 4.69) is 0 Å². The van der Waals surface area contributed by atoms with Gasteiger partial charge in [0.2, 0.25) is 0 Å². The number of halogens is 1. The van der Waals surface area contributed by atoms with Gasteiger partial charge < -0.3 is 9.47 Å². The largest absolute Gasteiger partial charge is 0.380 e. The fourth-order valence-corrected chi connectivity index (χ4v) is 1.38. The summed E-state index contributed by atoms with van der Waals surface area (Å²) in [5.41, 5.74) is 2.08. The zero-order valence-electron chi connectivity index (χ0n) is 7.84. The second kappa shape index (κ2) is 5.22. The molecule has 13 heavy (non-hydrogen) atoms. The van der Waals surface area contributed by atoms with Crippen LogP contribution in [-0.4, -0.2) is 14.2 Å². The average molecular weight is 201 g/mol. The van der Waals surface area contributed by atoms with Crippen molar-refractivity contribution >= 4 is 11.6 Å². The van der Waals surface area contributed by atoms with Crippen LogP contribution in [0.1, 0.15) is 11.1 Å². The summed E-state index contributed by atoms with van der Waals surface area (Å²) >= 11 is 6.01. The molecule has 0 aliphatic rings. The van der Waals surface area contributed by atoms with Gasteiger partial charge in [-0.15, -0.1) is 0 Å². The van der Waals surface area contributed by atoms with Crippen LogP contribution in [0, 0.1) is 0 Å². The Morgan fingerprint density at radius 2 is 1.85 bits per heavy atom. The van der Waals surface area contributed by atoms with Crippen molar-refractivity contribution in [2.45, 2.75) is 13.2 Å². The molecule has 0 N–H and O–H groups in total. The second-order valence-corrected chi connectivity index (χ2v) is 3.20. The Morgan fingerprint density at radius 1 is 1.15 bits per heavy atom. The lowest BCUT2D eigenvalue weighted by Gasteiger charge is -2.05. The van der Waals surface area contributed by atoms with Gasteiger partial charge in [-0.1, -0.05) is 23.7 Å². The first kappa shape index (κ1) is 10.5. The lowest BCUT2D eigenvalue weighted by atomic mass is 10.1. The van der Waals surface area contributed by atoms with Gasteiger partial charge in [-0.05, 0) is 17.2 Å². The molecule has 1 aromatic rings. The van der Waals surface area contributed by atoms with E-state index in [0.717, 1.165) is 16.1 Å². The monoisotopic (exact) mass is 200 g/mol. The fourth-order valence-electron chi connectivity index (χ4n) is 1.12. The van der Waals surface area contributed by atoms with Gasteiger partial charge in [0.1, 0.15) is 0 Å². The van der Waals surface area contributed by atoms with E-state index in [1.54, 1.807) is 14.2 Å². The van der Waals surface area contributed by atoms with E-state index < -0.39 is 0 Å². The molecule has 0 bridgehead atoms. The van der Waals surface area contributed by atoms with Crippen LogP contribution < -0.4 is 0 Å². The summed E-state index contributed by atoms with van der Waals surface area (Å²) in [5, 5.41) is 0.733. The smallest absolute Gasteiger partial charge is 0.0727 e. The third-order valence-electron chi connectivity index (χ3n) is 1.73. The van der Waals surface area contributed by atoms with Crippen LogP contribution in [-0.2, 0) is 22.7 Å². The summed E-state index contributed by atoms with van der Waals surface area (Å²) < 4.78 is 9.99. The number of ether oxygens (including phenoxy) is 2. The summed E-state index contributed by atoms with van der Waals surface area (Å²) in [7, 11) is 3.32. The van der Waals surface area contributed by atoms with E-state index in [-0.39, 0.29) is 0 Å². The molecule has 0 heterocycles. The Morgan fingerprint density at radius 3 is 2.38 bits per heavy atom. The Balaban J connectivity index is 2.79. The van der Waals surface area contributed by atoms with Crippen LogP contribution in [0.2, 0.25) is 5.02 Å². The molecule has 0 fully saturated rings. The van der Waals surface area contributed by atoms with Crippen molar-refractivity contribution in [3.63, 3.8) is 0 Å². The molecule has 0 unspecified atom stereocenters. The molecule has 0 aromatic heterocycles. The number of benzene rings is 1. The minimum atomic E-state index is 0.548. The molecule has 0 aliphatic heterocycles. The predicted octanol–water partition coefficient (Wildman–Crippen LogP) is 2.63. The van der Waals surface area contributed by atoms with Gasteiger partial charge in [-0.3, -0.25) is 0 Å². The first-order chi connectivity index (χ1) is 6.27. The molecule has 1 aromatic carbocycles. The van der Waals surface area contributed by atoms with Gasteiger partial charge in [-0.25, -0.2) is 0 Å². The van der Waals surface area contributed by atoms with Crippen molar-refractivity contribution in [3.05, 3.63) is 34.3 Å². The van der Waals surface area contributed by atoms with Crippen molar-refractivity contribution in [1.82, 2.24) is 0 Å². The standard InChI is InChI=1S/C10H13ClO2/c1-12-6-8-3-4-9(7-13-2)10(11)5-8/h3-5H,6-7H2,1-2H3. The SMILES string of the molecule is COCc1ccc(COC)c(Cl)c1. The minimum Gasteiger partial charge on any atom is -0.380 e. The van der Waals surface area contributed by atoms with Gasteiger partial charge in [0.05, 0.1) is 13.2 Å². The maximum absolute atomic E-state index is 6.01. The van der Waals surface area contributed by atoms with Crippen LogP contribution >= 0.6 is 11.6 Å². The van der Waals surface area contributed by atoms with E-state index >= 15 is 0 Å². The number of methoxy groups -OCH3 is 2. The molecule has 2 nitrogen and oxygen atoms in total. The number of hydrogen-bond acceptors (Lipinski definition) is 2. The molecule has 0 radical (unpaired) electrons. The van der Waals surface area contributed by atoms with Crippen LogP contribution in [0.4, 0.5) is 0 Å². The van der Waals surface area contributed by atoms with E-state index in [1.807, 2.05) is 18.2 Å². The van der Waals surface area contributed by atoms with Crippen molar-refractivity contribution in [2.24, 2.45) is 0 Å². The first-order valence-corrected chi connectivity index (χ1v) is 4.41. The molecule has 0 atom stereocenters. The first-order valence-electron chi connectivity index (χ1n) is 4.03. The maximum Gasteiger partial charge on any atom is 0.0727 e. The van der Waals surface area contributed by atoms with Gasteiger partial charge >= 0.3 is 0 Å². The quantitative estimate of drug-likeness (QED) is 0.744. The number of hydrogen-bond donors (Lipinski definition) is 0. The number of rotatable bonds is 4. The third kappa shape index (κ3) is 2.99. The highest BCUT2D eigenvalue weighted by molar-refractivity contribution is 6.31. The summed E-state index contributed by atoms with van der Waals surface area (Å²) in [4.78, 5) is 0. The second-order valence-electron chi connectivity index (χ2n) is 2.79. The predicted molar refractivity (Wildman–Crippen MR) is 52.9 cm³/mol. The van der Waals surface area contributed by atoms with Crippen molar-refractivity contribution in [3.8, 4) is 0 Å². The van der Waals surface area contributed by atoms with E-state index in [0.29, 0.717) is 13.2 Å². The Hall–Kier alpha value is -0.570. The molecule has 72 valence electrons. The van der Waals surface area contributed by atoms with Crippen molar-refractivity contribution in [1.29, 1.82) is 0 Å². The highest BCUT2D eigenvalue weighted by Crippen LogP contribution is 2.18. The van der Waals surface area contributed by atoms with E-state index in [9.17, 15) is 0 Å². The van der Waals surface area contributed by atoms with E-state index in [4.69, 9.17) is 21.1 Å². The van der Waals surface area contributed by atoms with Crippen LogP contribution in [0.25, 0.3) is 0 Å². The molecule has 0 aliphatic carbocycles. The average Bonchev–Trinajstić information content (AvgIpc) is 2.10. The Bertz CT molecular complexity index is 274. The fraction of sp³-hybridized carbons (Fsp3) is 0.400. The van der Waals surface area contributed by atoms with Crippen molar-refractivity contribution < 1.29 is 9.47 Å². The third-order valence-corrected chi connectivity index (χ3v) is 2.08. The summed E-state index contributed by atoms with van der Waals surface area (Å²) in [6.07, 6.45) is 0. The zero-order valence-corrected chi connectivity index (χ0v) is 8.60.